The largest absolute Gasteiger partial charge is 0.462 e. The Kier molecular flexibility index (Phi) is 4.13. The van der Waals surface area contributed by atoms with Crippen molar-refractivity contribution in [3.63, 3.8) is 0 Å². The summed E-state index contributed by atoms with van der Waals surface area (Å²) in [7, 11) is 0. The number of Topliss-reactive ketones (excluding diaryl/α,β-unsaturated/α-hetero) is 1. The lowest BCUT2D eigenvalue weighted by Crippen LogP contribution is -2.30. The molecule has 1 aliphatic rings. The maximum atomic E-state index is 12.6. The van der Waals surface area contributed by atoms with Crippen LogP contribution in [0.4, 0.5) is 0 Å². The maximum Gasteiger partial charge on any atom is 0.343 e. The molecule has 0 amide bonds. The van der Waals surface area contributed by atoms with E-state index >= 15 is 0 Å². The van der Waals surface area contributed by atoms with Gasteiger partial charge in [0.05, 0.1) is 18.2 Å². The highest BCUT2D eigenvalue weighted by molar-refractivity contribution is 6.28. The number of carbonyl (C=O) groups excluding carboxylic acids is 2. The van der Waals surface area contributed by atoms with Crippen molar-refractivity contribution >= 4 is 17.5 Å². The highest BCUT2D eigenvalue weighted by Gasteiger charge is 2.35. The zero-order chi connectivity index (χ0) is 14.7. The number of esters is 1. The molecule has 0 aliphatic carbocycles. The molecule has 0 radical (unpaired) electrons. The Hall–Kier alpha value is -2.23. The first kappa shape index (κ1) is 14.2. The molecule has 0 saturated carbocycles. The van der Waals surface area contributed by atoms with Crippen molar-refractivity contribution in [3.8, 4) is 0 Å². The van der Waals surface area contributed by atoms with Gasteiger partial charge in [-0.2, -0.15) is 0 Å². The zero-order valence-corrected chi connectivity index (χ0v) is 11.8. The van der Waals surface area contributed by atoms with Crippen LogP contribution in [-0.4, -0.2) is 24.1 Å². The van der Waals surface area contributed by atoms with Gasteiger partial charge >= 0.3 is 5.97 Å². The van der Waals surface area contributed by atoms with Crippen molar-refractivity contribution < 1.29 is 14.3 Å². The molecule has 0 aromatic heterocycles. The standard InChI is InChI=1S/C16H17NO3/c1-4-20-16(19)14-11(3)17-10(2)13(15(14)18)12-8-6-5-7-9-12/h5-9,13H,4H2,1-3H3. The van der Waals surface area contributed by atoms with Crippen molar-refractivity contribution in [2.75, 3.05) is 6.61 Å². The Morgan fingerprint density at radius 3 is 2.50 bits per heavy atom. The number of rotatable bonds is 3. The van der Waals surface area contributed by atoms with Crippen LogP contribution in [0.1, 0.15) is 32.3 Å². The fraction of sp³-hybridized carbons (Fsp3) is 0.312. The number of aliphatic imine (C=N–C) groups is 1. The molecule has 1 aromatic rings. The van der Waals surface area contributed by atoms with Gasteiger partial charge in [0.15, 0.2) is 5.78 Å². The monoisotopic (exact) mass is 271 g/mol. The highest BCUT2D eigenvalue weighted by Crippen LogP contribution is 2.29. The number of nitrogens with zero attached hydrogens (tertiary/aromatic N) is 1. The van der Waals surface area contributed by atoms with Crippen LogP contribution in [0.15, 0.2) is 46.6 Å². The molecular weight excluding hydrogens is 254 g/mol. The SMILES string of the molecule is CCOC(=O)C1=C(C)N=C(C)C(c2ccccc2)C1=O. The van der Waals surface area contributed by atoms with E-state index < -0.39 is 11.9 Å². The van der Waals surface area contributed by atoms with Crippen molar-refractivity contribution in [1.29, 1.82) is 0 Å². The van der Waals surface area contributed by atoms with Crippen LogP contribution in [0.5, 0.6) is 0 Å². The normalized spacial score (nSPS) is 18.9. The van der Waals surface area contributed by atoms with Crippen LogP contribution < -0.4 is 0 Å². The van der Waals surface area contributed by atoms with Gasteiger partial charge in [-0.1, -0.05) is 30.3 Å². The molecule has 20 heavy (non-hydrogen) atoms. The van der Waals surface area contributed by atoms with E-state index in [2.05, 4.69) is 4.99 Å². The van der Waals surface area contributed by atoms with Crippen molar-refractivity contribution in [1.82, 2.24) is 0 Å². The number of benzene rings is 1. The summed E-state index contributed by atoms with van der Waals surface area (Å²) in [6.07, 6.45) is 0. The number of ketones is 1. The number of allylic oxidation sites excluding steroid dienone is 1. The molecule has 4 heteroatoms. The molecule has 1 heterocycles. The van der Waals surface area contributed by atoms with E-state index in [4.69, 9.17) is 4.74 Å². The smallest absolute Gasteiger partial charge is 0.343 e. The summed E-state index contributed by atoms with van der Waals surface area (Å²) < 4.78 is 4.95. The van der Waals surface area contributed by atoms with E-state index in [1.165, 1.54) is 0 Å². The molecule has 2 rings (SSSR count). The number of carbonyl (C=O) groups is 2. The van der Waals surface area contributed by atoms with E-state index in [0.717, 1.165) is 5.56 Å². The number of hydrogen-bond donors (Lipinski definition) is 0. The summed E-state index contributed by atoms with van der Waals surface area (Å²) in [5.41, 5.74) is 2.03. The average Bonchev–Trinajstić information content (AvgIpc) is 2.39. The second-order valence-electron chi connectivity index (χ2n) is 4.64. The summed E-state index contributed by atoms with van der Waals surface area (Å²) in [5.74, 6) is -1.33. The van der Waals surface area contributed by atoms with Crippen LogP contribution in [0.3, 0.4) is 0 Å². The van der Waals surface area contributed by atoms with Gasteiger partial charge in [-0.25, -0.2) is 4.79 Å². The molecule has 4 nitrogen and oxygen atoms in total. The minimum absolute atomic E-state index is 0.0614. The first-order valence-corrected chi connectivity index (χ1v) is 6.58. The summed E-state index contributed by atoms with van der Waals surface area (Å²) in [6, 6.07) is 9.35. The van der Waals surface area contributed by atoms with Gasteiger partial charge in [0.25, 0.3) is 0 Å². The van der Waals surface area contributed by atoms with E-state index in [-0.39, 0.29) is 18.0 Å². The Bertz CT molecular complexity index is 599. The van der Waals surface area contributed by atoms with Gasteiger partial charge in [-0.3, -0.25) is 9.79 Å². The third-order valence-corrected chi connectivity index (χ3v) is 3.24. The fourth-order valence-corrected chi connectivity index (χ4v) is 2.39. The first-order valence-electron chi connectivity index (χ1n) is 6.58. The Morgan fingerprint density at radius 2 is 1.90 bits per heavy atom. The lowest BCUT2D eigenvalue weighted by molar-refractivity contribution is -0.140. The molecule has 1 unspecified atom stereocenters. The Balaban J connectivity index is 2.44. The van der Waals surface area contributed by atoms with E-state index in [1.54, 1.807) is 20.8 Å². The second-order valence-corrected chi connectivity index (χ2v) is 4.64. The van der Waals surface area contributed by atoms with Gasteiger partial charge < -0.3 is 4.74 Å². The van der Waals surface area contributed by atoms with Crippen LogP contribution in [0.25, 0.3) is 0 Å². The molecule has 1 aliphatic heterocycles. The number of hydrogen-bond acceptors (Lipinski definition) is 4. The zero-order valence-electron chi connectivity index (χ0n) is 11.8. The lowest BCUT2D eigenvalue weighted by atomic mass is 9.84. The van der Waals surface area contributed by atoms with E-state index in [9.17, 15) is 9.59 Å². The molecule has 1 aromatic carbocycles. The predicted octanol–water partition coefficient (Wildman–Crippen LogP) is 2.65. The maximum absolute atomic E-state index is 12.6. The Morgan fingerprint density at radius 1 is 1.25 bits per heavy atom. The molecule has 0 saturated heterocycles. The Labute approximate surface area is 118 Å². The quantitative estimate of drug-likeness (QED) is 0.627. The second kappa shape index (κ2) is 5.82. The van der Waals surface area contributed by atoms with Gasteiger partial charge in [-0.05, 0) is 26.3 Å². The topological polar surface area (TPSA) is 55.7 Å². The minimum atomic E-state index is -0.591. The van der Waals surface area contributed by atoms with E-state index in [1.807, 2.05) is 30.3 Å². The lowest BCUT2D eigenvalue weighted by Gasteiger charge is -2.22. The summed E-state index contributed by atoms with van der Waals surface area (Å²) in [5, 5.41) is 0. The first-order chi connectivity index (χ1) is 9.56. The van der Waals surface area contributed by atoms with Crippen molar-refractivity contribution in [2.24, 2.45) is 4.99 Å². The molecule has 1 atom stereocenters. The van der Waals surface area contributed by atoms with Crippen LogP contribution >= 0.6 is 0 Å². The van der Waals surface area contributed by atoms with Gasteiger partial charge in [0.2, 0.25) is 0 Å². The minimum Gasteiger partial charge on any atom is -0.462 e. The van der Waals surface area contributed by atoms with Gasteiger partial charge in [-0.15, -0.1) is 0 Å². The van der Waals surface area contributed by atoms with E-state index in [0.29, 0.717) is 11.4 Å². The number of ether oxygens (including phenoxy) is 1. The molecule has 0 spiro atoms. The van der Waals surface area contributed by atoms with Gasteiger partial charge in [0, 0.05) is 5.71 Å². The molecule has 0 fully saturated rings. The fourth-order valence-electron chi connectivity index (χ4n) is 2.39. The van der Waals surface area contributed by atoms with Gasteiger partial charge in [0.1, 0.15) is 5.57 Å². The highest BCUT2D eigenvalue weighted by atomic mass is 16.5. The third kappa shape index (κ3) is 2.54. The molecule has 0 bridgehead atoms. The summed E-state index contributed by atoms with van der Waals surface area (Å²) in [6.45, 7) is 5.42. The van der Waals surface area contributed by atoms with Crippen LogP contribution in [-0.2, 0) is 14.3 Å². The molecular formula is C16H17NO3. The van der Waals surface area contributed by atoms with Crippen LogP contribution in [0.2, 0.25) is 0 Å². The van der Waals surface area contributed by atoms with Crippen molar-refractivity contribution in [2.45, 2.75) is 26.7 Å². The third-order valence-electron chi connectivity index (χ3n) is 3.24. The average molecular weight is 271 g/mol. The molecule has 0 N–H and O–H groups in total. The van der Waals surface area contributed by atoms with Crippen molar-refractivity contribution in [3.05, 3.63) is 47.2 Å². The summed E-state index contributed by atoms with van der Waals surface area (Å²) in [4.78, 5) is 28.9. The summed E-state index contributed by atoms with van der Waals surface area (Å²) >= 11 is 0. The predicted molar refractivity (Wildman–Crippen MR) is 76.6 cm³/mol. The van der Waals surface area contributed by atoms with Crippen LogP contribution in [0, 0.1) is 0 Å². The molecule has 104 valence electrons.